The summed E-state index contributed by atoms with van der Waals surface area (Å²) in [6.07, 6.45) is 0. The summed E-state index contributed by atoms with van der Waals surface area (Å²) in [4.78, 5) is 10.0. The molecule has 2 aromatic carbocycles. The molecule has 0 fully saturated rings. The van der Waals surface area contributed by atoms with Gasteiger partial charge in [0, 0.05) is 25.2 Å². The Morgan fingerprint density at radius 1 is 1.10 bits per heavy atom. The summed E-state index contributed by atoms with van der Waals surface area (Å²) < 4.78 is 18.2. The lowest BCUT2D eigenvalue weighted by Crippen LogP contribution is -2.20. The maximum atomic E-state index is 12.7. The average molecular weight is 290 g/mol. The third kappa shape index (κ3) is 4.85. The van der Waals surface area contributed by atoms with Gasteiger partial charge in [-0.15, -0.1) is 0 Å². The van der Waals surface area contributed by atoms with Crippen LogP contribution in [0.1, 0.15) is 5.56 Å². The van der Waals surface area contributed by atoms with Gasteiger partial charge in [0.15, 0.2) is 0 Å². The Balaban J connectivity index is 1.67. The number of halogens is 1. The number of rotatable bonds is 7. The lowest BCUT2D eigenvalue weighted by molar-refractivity contribution is -0.384. The molecule has 21 heavy (non-hydrogen) atoms. The van der Waals surface area contributed by atoms with E-state index in [1.165, 1.54) is 24.3 Å². The van der Waals surface area contributed by atoms with Crippen molar-refractivity contribution in [1.29, 1.82) is 0 Å². The van der Waals surface area contributed by atoms with E-state index in [1.807, 2.05) is 0 Å². The maximum Gasteiger partial charge on any atom is 0.269 e. The third-order valence-electron chi connectivity index (χ3n) is 2.84. The molecule has 0 aliphatic carbocycles. The smallest absolute Gasteiger partial charge is 0.269 e. The van der Waals surface area contributed by atoms with E-state index in [2.05, 4.69) is 5.32 Å². The van der Waals surface area contributed by atoms with Crippen molar-refractivity contribution < 1.29 is 14.1 Å². The van der Waals surface area contributed by atoms with Gasteiger partial charge >= 0.3 is 0 Å². The van der Waals surface area contributed by atoms with Gasteiger partial charge in [0.05, 0.1) is 4.92 Å². The Hall–Kier alpha value is -2.47. The minimum Gasteiger partial charge on any atom is -0.492 e. The first-order valence-electron chi connectivity index (χ1n) is 6.47. The Bertz CT molecular complexity index is 585. The van der Waals surface area contributed by atoms with Crippen molar-refractivity contribution in [2.24, 2.45) is 0 Å². The van der Waals surface area contributed by atoms with Gasteiger partial charge in [-0.05, 0) is 29.8 Å². The summed E-state index contributed by atoms with van der Waals surface area (Å²) in [5, 5.41) is 13.7. The first-order valence-corrected chi connectivity index (χ1v) is 6.47. The van der Waals surface area contributed by atoms with Gasteiger partial charge in [-0.2, -0.15) is 0 Å². The van der Waals surface area contributed by atoms with Gasteiger partial charge in [0.25, 0.3) is 5.69 Å². The second-order valence-electron chi connectivity index (χ2n) is 4.40. The van der Waals surface area contributed by atoms with Gasteiger partial charge in [-0.3, -0.25) is 10.1 Å². The first kappa shape index (κ1) is 14.9. The molecule has 0 heterocycles. The number of hydrogen-bond acceptors (Lipinski definition) is 4. The van der Waals surface area contributed by atoms with Crippen molar-refractivity contribution in [3.63, 3.8) is 0 Å². The standard InChI is InChI=1S/C15H15FN2O3/c16-13-3-1-12(2-4-13)11-17-9-10-21-15-7-5-14(6-8-15)18(19)20/h1-8,17H,9-11H2. The fourth-order valence-corrected chi connectivity index (χ4v) is 1.74. The monoisotopic (exact) mass is 290 g/mol. The van der Waals surface area contributed by atoms with Crippen molar-refractivity contribution in [2.75, 3.05) is 13.2 Å². The fraction of sp³-hybridized carbons (Fsp3) is 0.200. The number of nitro benzene ring substituents is 1. The highest BCUT2D eigenvalue weighted by atomic mass is 19.1. The van der Waals surface area contributed by atoms with Crippen LogP contribution in [0.4, 0.5) is 10.1 Å². The van der Waals surface area contributed by atoms with Gasteiger partial charge in [0.1, 0.15) is 18.2 Å². The zero-order valence-corrected chi connectivity index (χ0v) is 11.3. The third-order valence-corrected chi connectivity index (χ3v) is 2.84. The van der Waals surface area contributed by atoms with Gasteiger partial charge in [-0.25, -0.2) is 4.39 Å². The topological polar surface area (TPSA) is 64.4 Å². The predicted molar refractivity (Wildman–Crippen MR) is 76.7 cm³/mol. The molecule has 0 atom stereocenters. The highest BCUT2D eigenvalue weighted by molar-refractivity contribution is 5.35. The summed E-state index contributed by atoms with van der Waals surface area (Å²) in [5.74, 6) is 0.337. The van der Waals surface area contributed by atoms with Crippen molar-refractivity contribution >= 4 is 5.69 Å². The summed E-state index contributed by atoms with van der Waals surface area (Å²) in [6, 6.07) is 12.2. The molecular weight excluding hydrogens is 275 g/mol. The molecule has 1 N–H and O–H groups in total. The quantitative estimate of drug-likeness (QED) is 0.484. The van der Waals surface area contributed by atoms with E-state index in [0.717, 1.165) is 5.56 Å². The Morgan fingerprint density at radius 2 is 1.76 bits per heavy atom. The average Bonchev–Trinajstić information content (AvgIpc) is 2.49. The maximum absolute atomic E-state index is 12.7. The molecule has 0 saturated carbocycles. The number of benzene rings is 2. The largest absolute Gasteiger partial charge is 0.492 e. The molecule has 0 amide bonds. The summed E-state index contributed by atoms with van der Waals surface area (Å²) >= 11 is 0. The van der Waals surface area contributed by atoms with E-state index in [4.69, 9.17) is 4.74 Å². The number of non-ortho nitro benzene ring substituents is 1. The SMILES string of the molecule is O=[N+]([O-])c1ccc(OCCNCc2ccc(F)cc2)cc1. The van der Waals surface area contributed by atoms with Gasteiger partial charge in [-0.1, -0.05) is 12.1 Å². The fourth-order valence-electron chi connectivity index (χ4n) is 1.74. The van der Waals surface area contributed by atoms with Crippen molar-refractivity contribution in [1.82, 2.24) is 5.32 Å². The number of hydrogen-bond donors (Lipinski definition) is 1. The highest BCUT2D eigenvalue weighted by Crippen LogP contribution is 2.16. The molecule has 0 spiro atoms. The van der Waals surface area contributed by atoms with Crippen LogP contribution >= 0.6 is 0 Å². The van der Waals surface area contributed by atoms with Gasteiger partial charge in [0.2, 0.25) is 0 Å². The molecule has 2 rings (SSSR count). The number of nitro groups is 1. The molecule has 0 aromatic heterocycles. The molecule has 0 aliphatic heterocycles. The molecule has 5 nitrogen and oxygen atoms in total. The van der Waals surface area contributed by atoms with Crippen LogP contribution in [-0.4, -0.2) is 18.1 Å². The Labute approximate surface area is 121 Å². The molecular formula is C15H15FN2O3. The van der Waals surface area contributed by atoms with Crippen LogP contribution in [0, 0.1) is 15.9 Å². The molecule has 0 unspecified atom stereocenters. The first-order chi connectivity index (χ1) is 10.1. The minimum atomic E-state index is -0.450. The van der Waals surface area contributed by atoms with Crippen LogP contribution in [0.15, 0.2) is 48.5 Å². The summed E-state index contributed by atoms with van der Waals surface area (Å²) in [6.45, 7) is 1.69. The van der Waals surface area contributed by atoms with Crippen LogP contribution in [0.2, 0.25) is 0 Å². The summed E-state index contributed by atoms with van der Waals surface area (Å²) in [5.41, 5.74) is 1.03. The molecule has 110 valence electrons. The zero-order valence-electron chi connectivity index (χ0n) is 11.3. The Kier molecular flexibility index (Phi) is 5.22. The van der Waals surface area contributed by atoms with Crippen LogP contribution in [0.5, 0.6) is 5.75 Å². The number of nitrogens with one attached hydrogen (secondary N) is 1. The van der Waals surface area contributed by atoms with E-state index in [9.17, 15) is 14.5 Å². The highest BCUT2D eigenvalue weighted by Gasteiger charge is 2.03. The molecule has 0 aliphatic rings. The van der Waals surface area contributed by atoms with E-state index in [-0.39, 0.29) is 11.5 Å². The molecule has 0 bridgehead atoms. The summed E-state index contributed by atoms with van der Waals surface area (Å²) in [7, 11) is 0. The predicted octanol–water partition coefficient (Wildman–Crippen LogP) is 2.90. The molecule has 0 saturated heterocycles. The van der Waals surface area contributed by atoms with Crippen molar-refractivity contribution in [2.45, 2.75) is 6.54 Å². The minimum absolute atomic E-state index is 0.0387. The number of ether oxygens (including phenoxy) is 1. The molecule has 2 aromatic rings. The number of nitrogens with zero attached hydrogens (tertiary/aromatic N) is 1. The molecule has 0 radical (unpaired) electrons. The lowest BCUT2D eigenvalue weighted by Gasteiger charge is -2.07. The molecule has 6 heteroatoms. The van der Waals surface area contributed by atoms with E-state index in [1.54, 1.807) is 24.3 Å². The van der Waals surface area contributed by atoms with Crippen LogP contribution in [0.25, 0.3) is 0 Å². The van der Waals surface area contributed by atoms with Crippen LogP contribution in [0.3, 0.4) is 0 Å². The second kappa shape index (κ2) is 7.35. The normalized spacial score (nSPS) is 10.3. The van der Waals surface area contributed by atoms with Crippen LogP contribution in [-0.2, 0) is 6.54 Å². The van der Waals surface area contributed by atoms with Crippen LogP contribution < -0.4 is 10.1 Å². The van der Waals surface area contributed by atoms with Gasteiger partial charge < -0.3 is 10.1 Å². The zero-order chi connectivity index (χ0) is 15.1. The Morgan fingerprint density at radius 3 is 2.38 bits per heavy atom. The van der Waals surface area contributed by atoms with Crippen molar-refractivity contribution in [3.8, 4) is 5.75 Å². The second-order valence-corrected chi connectivity index (χ2v) is 4.40. The van der Waals surface area contributed by atoms with Crippen molar-refractivity contribution in [3.05, 3.63) is 70.0 Å². The van der Waals surface area contributed by atoms with E-state index < -0.39 is 4.92 Å². The van der Waals surface area contributed by atoms with E-state index >= 15 is 0 Å². The van der Waals surface area contributed by atoms with E-state index in [0.29, 0.717) is 25.4 Å². The lowest BCUT2D eigenvalue weighted by atomic mass is 10.2.